The number of halogens is 9. The normalized spacial score (nSPS) is 36.3. The first-order valence-electron chi connectivity index (χ1n) is 5.00. The van der Waals surface area contributed by atoms with Gasteiger partial charge in [-0.1, -0.05) is 13.3 Å². The highest BCUT2D eigenvalue weighted by Gasteiger charge is 2.86. The second-order valence-electron chi connectivity index (χ2n) is 4.20. The topological polar surface area (TPSA) is 0 Å². The third-order valence-corrected chi connectivity index (χ3v) is 2.98. The van der Waals surface area contributed by atoms with Crippen LogP contribution in [-0.2, 0) is 0 Å². The summed E-state index contributed by atoms with van der Waals surface area (Å²) < 4.78 is 117. The number of rotatable bonds is 2. The Morgan fingerprint density at radius 3 is 1.33 bits per heavy atom. The molecule has 0 unspecified atom stereocenters. The van der Waals surface area contributed by atoms with Gasteiger partial charge in [0, 0.05) is 0 Å². The van der Waals surface area contributed by atoms with Crippen LogP contribution in [-0.4, -0.2) is 29.9 Å². The summed E-state index contributed by atoms with van der Waals surface area (Å²) in [6, 6.07) is 0. The van der Waals surface area contributed by atoms with Gasteiger partial charge in [-0.25, -0.2) is 4.39 Å². The van der Waals surface area contributed by atoms with Crippen LogP contribution in [0.15, 0.2) is 0 Å². The monoisotopic (exact) mass is 288 g/mol. The molecule has 0 aromatic rings. The fourth-order valence-corrected chi connectivity index (χ4v) is 1.91. The second-order valence-corrected chi connectivity index (χ2v) is 4.20. The first-order chi connectivity index (χ1) is 7.85. The van der Waals surface area contributed by atoms with Crippen molar-refractivity contribution in [1.29, 1.82) is 0 Å². The maximum Gasteiger partial charge on any atom is 0.347 e. The second kappa shape index (κ2) is 3.93. The lowest BCUT2D eigenvalue weighted by Gasteiger charge is -2.47. The van der Waals surface area contributed by atoms with E-state index in [9.17, 15) is 39.5 Å². The Bertz CT molecular complexity index is 294. The largest absolute Gasteiger partial charge is 0.347 e. The van der Waals surface area contributed by atoms with Gasteiger partial charge in [-0.3, -0.25) is 0 Å². The van der Waals surface area contributed by atoms with E-state index in [4.69, 9.17) is 0 Å². The van der Waals surface area contributed by atoms with Crippen molar-refractivity contribution in [3.05, 3.63) is 0 Å². The predicted molar refractivity (Wildman–Crippen MR) is 43.1 cm³/mol. The summed E-state index contributed by atoms with van der Waals surface area (Å²) in [5.74, 6) is -26.3. The smallest absolute Gasteiger partial charge is 0.234 e. The van der Waals surface area contributed by atoms with Crippen LogP contribution < -0.4 is 0 Å². The van der Waals surface area contributed by atoms with Gasteiger partial charge >= 0.3 is 23.7 Å². The standard InChI is InChI=1S/C9H9F9/c1-2-3-4-6(11,12)8(15,16)5(10)9(17,18)7(4,13)14/h4-5H,2-3H2,1H3. The van der Waals surface area contributed by atoms with E-state index in [2.05, 4.69) is 0 Å². The summed E-state index contributed by atoms with van der Waals surface area (Å²) in [6.45, 7) is 1.09. The van der Waals surface area contributed by atoms with E-state index in [0.717, 1.165) is 6.92 Å². The first-order valence-corrected chi connectivity index (χ1v) is 5.00. The Morgan fingerprint density at radius 2 is 1.06 bits per heavy atom. The molecule has 0 bridgehead atoms. The van der Waals surface area contributed by atoms with E-state index in [-0.39, 0.29) is 0 Å². The van der Waals surface area contributed by atoms with Crippen molar-refractivity contribution in [2.24, 2.45) is 5.92 Å². The summed E-state index contributed by atoms with van der Waals surface area (Å²) in [4.78, 5) is 0. The minimum Gasteiger partial charge on any atom is -0.234 e. The molecule has 1 rings (SSSR count). The van der Waals surface area contributed by atoms with Crippen LogP contribution in [0.25, 0.3) is 0 Å². The van der Waals surface area contributed by atoms with Crippen LogP contribution in [0.2, 0.25) is 0 Å². The maximum absolute atomic E-state index is 13.1. The average molecular weight is 288 g/mol. The van der Waals surface area contributed by atoms with Crippen molar-refractivity contribution in [2.75, 3.05) is 0 Å². The van der Waals surface area contributed by atoms with Crippen LogP contribution >= 0.6 is 0 Å². The van der Waals surface area contributed by atoms with Gasteiger partial charge in [-0.05, 0) is 6.42 Å². The van der Waals surface area contributed by atoms with Crippen LogP contribution in [0.1, 0.15) is 19.8 Å². The molecule has 18 heavy (non-hydrogen) atoms. The summed E-state index contributed by atoms with van der Waals surface area (Å²) in [5, 5.41) is 0. The Morgan fingerprint density at radius 1 is 0.722 bits per heavy atom. The summed E-state index contributed by atoms with van der Waals surface area (Å²) in [7, 11) is 0. The number of alkyl halides is 9. The highest BCUT2D eigenvalue weighted by atomic mass is 19.3. The molecule has 0 heterocycles. The molecule has 0 aromatic heterocycles. The van der Waals surface area contributed by atoms with Gasteiger partial charge in [0.1, 0.15) is 0 Å². The Labute approximate surface area is 96.1 Å². The Kier molecular flexibility index (Phi) is 3.37. The minimum atomic E-state index is -5.84. The van der Waals surface area contributed by atoms with Gasteiger partial charge < -0.3 is 0 Å². The highest BCUT2D eigenvalue weighted by molar-refractivity contribution is 5.14. The summed E-state index contributed by atoms with van der Waals surface area (Å²) in [5.41, 5.74) is 0. The molecule has 1 aliphatic rings. The van der Waals surface area contributed by atoms with Crippen molar-refractivity contribution < 1.29 is 39.5 Å². The third kappa shape index (κ3) is 1.61. The van der Waals surface area contributed by atoms with E-state index in [1.807, 2.05) is 0 Å². The molecule has 0 aliphatic heterocycles. The third-order valence-electron chi connectivity index (χ3n) is 2.98. The van der Waals surface area contributed by atoms with Crippen LogP contribution in [0.4, 0.5) is 39.5 Å². The van der Waals surface area contributed by atoms with Crippen molar-refractivity contribution >= 4 is 0 Å². The molecule has 0 atom stereocenters. The maximum atomic E-state index is 13.1. The first kappa shape index (κ1) is 15.4. The lowest BCUT2D eigenvalue weighted by atomic mass is 9.74. The van der Waals surface area contributed by atoms with Crippen LogP contribution in [0.5, 0.6) is 0 Å². The highest BCUT2D eigenvalue weighted by Crippen LogP contribution is 2.62. The van der Waals surface area contributed by atoms with Crippen molar-refractivity contribution in [3.63, 3.8) is 0 Å². The van der Waals surface area contributed by atoms with E-state index in [1.54, 1.807) is 0 Å². The molecule has 0 amide bonds. The van der Waals surface area contributed by atoms with Gasteiger partial charge in [0.2, 0.25) is 6.17 Å². The van der Waals surface area contributed by atoms with Crippen molar-refractivity contribution in [2.45, 2.75) is 49.6 Å². The lowest BCUT2D eigenvalue weighted by molar-refractivity contribution is -0.403. The van der Waals surface area contributed by atoms with Gasteiger partial charge in [-0.2, -0.15) is 35.1 Å². The van der Waals surface area contributed by atoms with E-state index < -0.39 is 48.6 Å². The lowest BCUT2D eigenvalue weighted by Crippen LogP contribution is -2.72. The molecule has 9 heteroatoms. The van der Waals surface area contributed by atoms with Gasteiger partial charge in [0.25, 0.3) is 0 Å². The quantitative estimate of drug-likeness (QED) is 0.665. The molecule has 1 saturated carbocycles. The molecule has 0 saturated heterocycles. The molecule has 0 spiro atoms. The minimum absolute atomic E-state index is 0.445. The predicted octanol–water partition coefficient (Wildman–Crippen LogP) is 4.30. The molecule has 0 N–H and O–H groups in total. The van der Waals surface area contributed by atoms with Gasteiger partial charge in [0.15, 0.2) is 0 Å². The number of hydrogen-bond donors (Lipinski definition) is 0. The van der Waals surface area contributed by atoms with Gasteiger partial charge in [0.05, 0.1) is 5.92 Å². The molecule has 0 radical (unpaired) electrons. The summed E-state index contributed by atoms with van der Waals surface area (Å²) in [6.07, 6.45) is -6.64. The molecule has 0 aromatic carbocycles. The fraction of sp³-hybridized carbons (Fsp3) is 1.00. The number of hydrogen-bond acceptors (Lipinski definition) is 0. The van der Waals surface area contributed by atoms with Crippen molar-refractivity contribution in [3.8, 4) is 0 Å². The van der Waals surface area contributed by atoms with E-state index in [0.29, 0.717) is 0 Å². The molecule has 0 nitrogen and oxygen atoms in total. The summed E-state index contributed by atoms with van der Waals surface area (Å²) >= 11 is 0. The zero-order valence-electron chi connectivity index (χ0n) is 8.97. The Balaban J connectivity index is 3.40. The van der Waals surface area contributed by atoms with Gasteiger partial charge in [-0.15, -0.1) is 0 Å². The molecular formula is C9H9F9. The van der Waals surface area contributed by atoms with Crippen LogP contribution in [0.3, 0.4) is 0 Å². The fourth-order valence-electron chi connectivity index (χ4n) is 1.91. The molecule has 1 fully saturated rings. The van der Waals surface area contributed by atoms with Crippen molar-refractivity contribution in [1.82, 2.24) is 0 Å². The molecular weight excluding hydrogens is 279 g/mol. The zero-order valence-corrected chi connectivity index (χ0v) is 8.97. The molecule has 108 valence electrons. The SMILES string of the molecule is CCCC1C(F)(F)C(F)(F)C(F)C(F)(F)C1(F)F. The Hall–Kier alpha value is -0.630. The average Bonchev–Trinajstić information content (AvgIpc) is 2.22. The van der Waals surface area contributed by atoms with E-state index >= 15 is 0 Å². The van der Waals surface area contributed by atoms with E-state index in [1.165, 1.54) is 0 Å². The van der Waals surface area contributed by atoms with Crippen LogP contribution in [0, 0.1) is 5.92 Å². The zero-order chi connectivity index (χ0) is 14.6. The molecule has 1 aliphatic carbocycles.